The van der Waals surface area contributed by atoms with Crippen LogP contribution in [0.1, 0.15) is 26.3 Å². The number of nitrogens with one attached hydrogen (secondary N) is 1. The molecule has 1 amide bonds. The minimum atomic E-state index is -3.99. The molecule has 0 bridgehead atoms. The highest BCUT2D eigenvalue weighted by molar-refractivity contribution is 8.00. The summed E-state index contributed by atoms with van der Waals surface area (Å²) >= 11 is 1.73. The first kappa shape index (κ1) is 25.9. The molecule has 0 atom stereocenters. The van der Waals surface area contributed by atoms with E-state index >= 15 is 0 Å². The average Bonchev–Trinajstić information content (AvgIpc) is 2.74. The van der Waals surface area contributed by atoms with Crippen molar-refractivity contribution < 1.29 is 22.7 Å². The summed E-state index contributed by atoms with van der Waals surface area (Å²) < 4.78 is 38.7. The lowest BCUT2D eigenvalue weighted by molar-refractivity contribution is -0.119. The summed E-state index contributed by atoms with van der Waals surface area (Å²) in [5, 5.41) is 2.82. The Bertz CT molecular complexity index is 1020. The van der Waals surface area contributed by atoms with Gasteiger partial charge >= 0.3 is 0 Å². The number of thioether (sulfide) groups is 1. The monoisotopic (exact) mass is 480 g/mol. The number of carbonyl (C=O) groups is 1. The van der Waals surface area contributed by atoms with Gasteiger partial charge in [0, 0.05) is 23.1 Å². The Kier molecular flexibility index (Phi) is 8.86. The van der Waals surface area contributed by atoms with E-state index in [2.05, 4.69) is 26.1 Å². The van der Waals surface area contributed by atoms with Crippen LogP contribution in [0.25, 0.3) is 0 Å². The van der Waals surface area contributed by atoms with Crippen molar-refractivity contribution in [2.24, 2.45) is 0 Å². The highest BCUT2D eigenvalue weighted by Gasteiger charge is 2.28. The normalized spacial score (nSPS) is 11.7. The minimum Gasteiger partial charge on any atom is -0.493 e. The quantitative estimate of drug-likeness (QED) is 0.520. The van der Waals surface area contributed by atoms with Gasteiger partial charge in [-0.15, -0.1) is 0 Å². The maximum Gasteiger partial charge on any atom is 0.264 e. The van der Waals surface area contributed by atoms with Crippen molar-refractivity contribution in [1.82, 2.24) is 5.32 Å². The van der Waals surface area contributed by atoms with Gasteiger partial charge in [-0.1, -0.05) is 38.5 Å². The number of sulfonamides is 1. The van der Waals surface area contributed by atoms with Crippen LogP contribution in [0.3, 0.4) is 0 Å². The number of amides is 1. The van der Waals surface area contributed by atoms with Crippen LogP contribution in [0.5, 0.6) is 11.5 Å². The van der Waals surface area contributed by atoms with Crippen molar-refractivity contribution in [1.29, 1.82) is 0 Å². The zero-order valence-electron chi connectivity index (χ0n) is 19.5. The van der Waals surface area contributed by atoms with Gasteiger partial charge in [-0.3, -0.25) is 9.10 Å². The van der Waals surface area contributed by atoms with E-state index in [9.17, 15) is 13.2 Å². The topological polar surface area (TPSA) is 84.9 Å². The fourth-order valence-corrected chi connectivity index (χ4v) is 5.10. The van der Waals surface area contributed by atoms with E-state index in [4.69, 9.17) is 9.47 Å². The van der Waals surface area contributed by atoms with Crippen LogP contribution in [-0.4, -0.2) is 52.1 Å². The third-order valence-electron chi connectivity index (χ3n) is 4.51. The molecule has 0 fully saturated rings. The van der Waals surface area contributed by atoms with Gasteiger partial charge in [0.2, 0.25) is 5.91 Å². The Morgan fingerprint density at radius 3 is 2.22 bits per heavy atom. The summed E-state index contributed by atoms with van der Waals surface area (Å²) in [7, 11) is -1.02. The molecule has 0 radical (unpaired) electrons. The third-order valence-corrected chi connectivity index (χ3v) is 7.57. The van der Waals surface area contributed by atoms with Crippen LogP contribution < -0.4 is 19.1 Å². The smallest absolute Gasteiger partial charge is 0.264 e. The van der Waals surface area contributed by atoms with E-state index in [1.165, 1.54) is 26.4 Å². The van der Waals surface area contributed by atoms with Gasteiger partial charge in [0.05, 0.1) is 24.8 Å². The van der Waals surface area contributed by atoms with Crippen molar-refractivity contribution in [3.63, 3.8) is 0 Å². The first-order chi connectivity index (χ1) is 15.0. The van der Waals surface area contributed by atoms with Crippen molar-refractivity contribution in [2.75, 3.05) is 37.4 Å². The van der Waals surface area contributed by atoms with E-state index < -0.39 is 10.0 Å². The van der Waals surface area contributed by atoms with Gasteiger partial charge < -0.3 is 14.8 Å². The van der Waals surface area contributed by atoms with Crippen molar-refractivity contribution in [3.05, 3.63) is 48.0 Å². The molecule has 9 heteroatoms. The SMILES string of the molecule is COc1ccc(N(CC(=O)NCCSC(C)(C)C)S(=O)(=O)c2ccc(C)cc2)cc1OC. The van der Waals surface area contributed by atoms with Gasteiger partial charge in [-0.2, -0.15) is 11.8 Å². The van der Waals surface area contributed by atoms with E-state index in [1.54, 1.807) is 42.1 Å². The van der Waals surface area contributed by atoms with Gasteiger partial charge in [0.15, 0.2) is 11.5 Å². The number of carbonyl (C=O) groups excluding carboxylic acids is 1. The number of methoxy groups -OCH3 is 2. The van der Waals surface area contributed by atoms with Crippen LogP contribution in [0.15, 0.2) is 47.4 Å². The molecule has 0 heterocycles. The standard InChI is InChI=1S/C23H32N2O5S2/c1-17-7-10-19(11-8-17)32(27,28)25(16-22(26)24-13-14-31-23(2,3)4)18-9-12-20(29-5)21(15-18)30-6/h7-12,15H,13-14,16H2,1-6H3,(H,24,26). The molecule has 0 unspecified atom stereocenters. The van der Waals surface area contributed by atoms with Gasteiger partial charge in [0.1, 0.15) is 6.54 Å². The fraction of sp³-hybridized carbons (Fsp3) is 0.435. The lowest BCUT2D eigenvalue weighted by atomic mass is 10.2. The van der Waals surface area contributed by atoms with Crippen molar-refractivity contribution >= 4 is 33.4 Å². The largest absolute Gasteiger partial charge is 0.493 e. The summed E-state index contributed by atoms with van der Waals surface area (Å²) in [5.41, 5.74) is 1.25. The number of aryl methyl sites for hydroxylation is 1. The molecule has 0 saturated carbocycles. The number of hydrogen-bond donors (Lipinski definition) is 1. The van der Waals surface area contributed by atoms with Gasteiger partial charge in [0.25, 0.3) is 10.0 Å². The maximum atomic E-state index is 13.5. The Morgan fingerprint density at radius 1 is 1.03 bits per heavy atom. The summed E-state index contributed by atoms with van der Waals surface area (Å²) in [6.07, 6.45) is 0. The summed E-state index contributed by atoms with van der Waals surface area (Å²) in [4.78, 5) is 12.8. The van der Waals surface area contributed by atoms with E-state index in [-0.39, 0.29) is 22.1 Å². The molecule has 176 valence electrons. The number of benzene rings is 2. The van der Waals surface area contributed by atoms with E-state index in [0.717, 1.165) is 15.6 Å². The van der Waals surface area contributed by atoms with Crippen molar-refractivity contribution in [2.45, 2.75) is 37.3 Å². The number of anilines is 1. The van der Waals surface area contributed by atoms with E-state index in [1.807, 2.05) is 6.92 Å². The first-order valence-corrected chi connectivity index (χ1v) is 12.6. The summed E-state index contributed by atoms with van der Waals surface area (Å²) in [6, 6.07) is 11.3. The summed E-state index contributed by atoms with van der Waals surface area (Å²) in [6.45, 7) is 8.29. The molecule has 1 N–H and O–H groups in total. The highest BCUT2D eigenvalue weighted by Crippen LogP contribution is 2.33. The third kappa shape index (κ3) is 7.06. The predicted molar refractivity (Wildman–Crippen MR) is 130 cm³/mol. The molecule has 2 aromatic carbocycles. The Balaban J connectivity index is 2.33. The Hall–Kier alpha value is -2.39. The second-order valence-electron chi connectivity index (χ2n) is 8.17. The van der Waals surface area contributed by atoms with Crippen LogP contribution >= 0.6 is 11.8 Å². The Labute approximate surface area is 195 Å². The second-order valence-corrected chi connectivity index (χ2v) is 12.0. The van der Waals surface area contributed by atoms with Crippen molar-refractivity contribution in [3.8, 4) is 11.5 Å². The fourth-order valence-electron chi connectivity index (χ4n) is 2.87. The zero-order valence-corrected chi connectivity index (χ0v) is 21.1. The minimum absolute atomic E-state index is 0.0885. The lowest BCUT2D eigenvalue weighted by Gasteiger charge is -2.25. The number of rotatable bonds is 10. The summed E-state index contributed by atoms with van der Waals surface area (Å²) in [5.74, 6) is 1.18. The number of hydrogen-bond acceptors (Lipinski definition) is 6. The molecular weight excluding hydrogens is 448 g/mol. The maximum absolute atomic E-state index is 13.5. The molecule has 0 spiro atoms. The van der Waals surface area contributed by atoms with Crippen LogP contribution in [0, 0.1) is 6.92 Å². The van der Waals surface area contributed by atoms with Crippen LogP contribution in [0.2, 0.25) is 0 Å². The molecule has 0 aliphatic rings. The lowest BCUT2D eigenvalue weighted by Crippen LogP contribution is -2.41. The Morgan fingerprint density at radius 2 is 1.66 bits per heavy atom. The van der Waals surface area contributed by atoms with Crippen LogP contribution in [0.4, 0.5) is 5.69 Å². The molecule has 0 aliphatic carbocycles. The molecule has 2 aromatic rings. The predicted octanol–water partition coefficient (Wildman–Crippen LogP) is 3.86. The molecule has 2 rings (SSSR count). The average molecular weight is 481 g/mol. The van der Waals surface area contributed by atoms with Crippen LogP contribution in [-0.2, 0) is 14.8 Å². The highest BCUT2D eigenvalue weighted by atomic mass is 32.2. The van der Waals surface area contributed by atoms with Gasteiger partial charge in [-0.25, -0.2) is 8.42 Å². The molecule has 7 nitrogen and oxygen atoms in total. The van der Waals surface area contributed by atoms with E-state index in [0.29, 0.717) is 23.7 Å². The molecule has 0 saturated heterocycles. The number of nitrogens with zero attached hydrogens (tertiary/aromatic N) is 1. The molecule has 32 heavy (non-hydrogen) atoms. The number of ether oxygens (including phenoxy) is 2. The first-order valence-electron chi connectivity index (χ1n) is 10.2. The zero-order chi connectivity index (χ0) is 23.9. The second kappa shape index (κ2) is 11.0. The molecule has 0 aromatic heterocycles. The molecule has 0 aliphatic heterocycles. The molecular formula is C23H32N2O5S2. The van der Waals surface area contributed by atoms with Gasteiger partial charge in [-0.05, 0) is 31.2 Å².